The van der Waals surface area contributed by atoms with Crippen LogP contribution in [-0.2, 0) is 11.3 Å². The molecule has 128 valence electrons. The van der Waals surface area contributed by atoms with Crippen molar-refractivity contribution in [3.8, 4) is 5.75 Å². The van der Waals surface area contributed by atoms with Gasteiger partial charge < -0.3 is 19.0 Å². The number of carbonyl (C=O) groups is 1. The third-order valence-corrected chi connectivity index (χ3v) is 3.74. The second kappa shape index (κ2) is 7.68. The van der Waals surface area contributed by atoms with Crippen LogP contribution in [0.15, 0.2) is 71.1 Å². The van der Waals surface area contributed by atoms with Crippen LogP contribution in [0, 0.1) is 0 Å². The zero-order valence-electron chi connectivity index (χ0n) is 13.7. The van der Waals surface area contributed by atoms with E-state index in [1.54, 1.807) is 24.3 Å². The minimum absolute atomic E-state index is 0.141. The first kappa shape index (κ1) is 16.8. The molecule has 0 amide bonds. The summed E-state index contributed by atoms with van der Waals surface area (Å²) in [5.41, 5.74) is 1.62. The van der Waals surface area contributed by atoms with Gasteiger partial charge in [0.15, 0.2) is 0 Å². The molecule has 1 heterocycles. The van der Waals surface area contributed by atoms with E-state index in [-0.39, 0.29) is 12.4 Å². The summed E-state index contributed by atoms with van der Waals surface area (Å²) in [6.07, 6.45) is -0.678. The molecular weight excluding hydrogens is 320 g/mol. The minimum atomic E-state index is -0.678. The second-order valence-corrected chi connectivity index (χ2v) is 5.43. The van der Waals surface area contributed by atoms with Gasteiger partial charge in [0.1, 0.15) is 24.2 Å². The van der Waals surface area contributed by atoms with Crippen molar-refractivity contribution in [2.45, 2.75) is 12.7 Å². The molecule has 0 aliphatic carbocycles. The molecule has 0 fully saturated rings. The van der Waals surface area contributed by atoms with Gasteiger partial charge in [-0.2, -0.15) is 0 Å². The first-order valence-corrected chi connectivity index (χ1v) is 7.80. The second-order valence-electron chi connectivity index (χ2n) is 5.43. The van der Waals surface area contributed by atoms with Crippen LogP contribution in [0.2, 0.25) is 0 Å². The first-order chi connectivity index (χ1) is 12.2. The predicted octanol–water partition coefficient (Wildman–Crippen LogP) is 3.73. The monoisotopic (exact) mass is 338 g/mol. The smallest absolute Gasteiger partial charge is 0.373 e. The lowest BCUT2D eigenvalue weighted by Crippen LogP contribution is -2.00. The van der Waals surface area contributed by atoms with Crippen molar-refractivity contribution in [1.29, 1.82) is 0 Å². The molecular formula is C20H18O5. The SMILES string of the molecule is COC(=O)c1ccc(COc2ccc(C(O)c3ccccc3)cc2)o1. The van der Waals surface area contributed by atoms with Gasteiger partial charge >= 0.3 is 5.97 Å². The van der Waals surface area contributed by atoms with E-state index in [1.807, 2.05) is 42.5 Å². The van der Waals surface area contributed by atoms with Gasteiger partial charge in [0.05, 0.1) is 7.11 Å². The van der Waals surface area contributed by atoms with Crippen LogP contribution in [-0.4, -0.2) is 18.2 Å². The van der Waals surface area contributed by atoms with Gasteiger partial charge in [0, 0.05) is 0 Å². The summed E-state index contributed by atoms with van der Waals surface area (Å²) in [5, 5.41) is 10.4. The number of methoxy groups -OCH3 is 1. The fraction of sp³-hybridized carbons (Fsp3) is 0.150. The van der Waals surface area contributed by atoms with Crippen molar-refractivity contribution >= 4 is 5.97 Å². The van der Waals surface area contributed by atoms with Gasteiger partial charge in [0.25, 0.3) is 0 Å². The topological polar surface area (TPSA) is 68.9 Å². The van der Waals surface area contributed by atoms with Crippen LogP contribution in [0.25, 0.3) is 0 Å². The highest BCUT2D eigenvalue weighted by Gasteiger charge is 2.12. The van der Waals surface area contributed by atoms with Crippen LogP contribution in [0.5, 0.6) is 5.75 Å². The Morgan fingerprint density at radius 3 is 2.36 bits per heavy atom. The maximum atomic E-state index is 11.3. The average molecular weight is 338 g/mol. The number of hydrogen-bond acceptors (Lipinski definition) is 5. The summed E-state index contributed by atoms with van der Waals surface area (Å²) < 4.78 is 15.6. The van der Waals surface area contributed by atoms with Gasteiger partial charge in [-0.3, -0.25) is 0 Å². The van der Waals surface area contributed by atoms with Crippen LogP contribution in [0.3, 0.4) is 0 Å². The van der Waals surface area contributed by atoms with Crippen molar-refractivity contribution in [3.63, 3.8) is 0 Å². The summed E-state index contributed by atoms with van der Waals surface area (Å²) in [5.74, 6) is 0.779. The van der Waals surface area contributed by atoms with Gasteiger partial charge in [0.2, 0.25) is 5.76 Å². The highest BCUT2D eigenvalue weighted by atomic mass is 16.5. The standard InChI is InChI=1S/C20H18O5/c1-23-20(22)18-12-11-17(25-18)13-24-16-9-7-15(8-10-16)19(21)14-5-3-2-4-6-14/h2-12,19,21H,13H2,1H3. The molecule has 0 spiro atoms. The molecule has 3 aromatic rings. The van der Waals surface area contributed by atoms with Gasteiger partial charge in [-0.05, 0) is 35.4 Å². The lowest BCUT2D eigenvalue weighted by molar-refractivity contribution is 0.0561. The zero-order valence-corrected chi connectivity index (χ0v) is 13.7. The van der Waals surface area contributed by atoms with Crippen LogP contribution >= 0.6 is 0 Å². The summed E-state index contributed by atoms with van der Waals surface area (Å²) in [7, 11) is 1.30. The fourth-order valence-electron chi connectivity index (χ4n) is 2.39. The lowest BCUT2D eigenvalue weighted by Gasteiger charge is -2.12. The number of furan rings is 1. The van der Waals surface area contributed by atoms with E-state index < -0.39 is 12.1 Å². The first-order valence-electron chi connectivity index (χ1n) is 7.80. The molecule has 1 unspecified atom stereocenters. The molecule has 3 rings (SSSR count). The third kappa shape index (κ3) is 4.08. The van der Waals surface area contributed by atoms with Crippen molar-refractivity contribution < 1.29 is 23.8 Å². The number of rotatable bonds is 6. The maximum absolute atomic E-state index is 11.3. The maximum Gasteiger partial charge on any atom is 0.373 e. The molecule has 1 aromatic heterocycles. The van der Waals surface area contributed by atoms with E-state index >= 15 is 0 Å². The van der Waals surface area contributed by atoms with Crippen molar-refractivity contribution in [2.75, 3.05) is 7.11 Å². The predicted molar refractivity (Wildman–Crippen MR) is 91.3 cm³/mol. The van der Waals surface area contributed by atoms with E-state index in [0.29, 0.717) is 11.5 Å². The Bertz CT molecular complexity index is 821. The molecule has 1 atom stereocenters. The van der Waals surface area contributed by atoms with E-state index in [2.05, 4.69) is 4.74 Å². The number of ether oxygens (including phenoxy) is 2. The molecule has 0 saturated carbocycles. The van der Waals surface area contributed by atoms with Crippen LogP contribution in [0.4, 0.5) is 0 Å². The molecule has 0 radical (unpaired) electrons. The lowest BCUT2D eigenvalue weighted by atomic mass is 10.0. The summed E-state index contributed by atoms with van der Waals surface area (Å²) in [6, 6.07) is 19.9. The van der Waals surface area contributed by atoms with E-state index in [0.717, 1.165) is 11.1 Å². The molecule has 0 bridgehead atoms. The normalized spacial score (nSPS) is 11.8. The summed E-state index contributed by atoms with van der Waals surface area (Å²) in [6.45, 7) is 0.192. The highest BCUT2D eigenvalue weighted by molar-refractivity contribution is 5.86. The number of hydrogen-bond donors (Lipinski definition) is 1. The molecule has 5 heteroatoms. The Balaban J connectivity index is 1.61. The highest BCUT2D eigenvalue weighted by Crippen LogP contribution is 2.24. The van der Waals surface area contributed by atoms with Gasteiger partial charge in [-0.25, -0.2) is 4.79 Å². The molecule has 0 aliphatic rings. The zero-order chi connectivity index (χ0) is 17.6. The Morgan fingerprint density at radius 1 is 1.00 bits per heavy atom. The minimum Gasteiger partial charge on any atom is -0.486 e. The van der Waals surface area contributed by atoms with Gasteiger partial charge in [-0.15, -0.1) is 0 Å². The number of aliphatic hydroxyl groups is 1. The summed E-state index contributed by atoms with van der Waals surface area (Å²) in [4.78, 5) is 11.3. The van der Waals surface area contributed by atoms with Crippen molar-refractivity contribution in [1.82, 2.24) is 0 Å². The quantitative estimate of drug-likeness (QED) is 0.694. The number of carbonyl (C=O) groups excluding carboxylic acids is 1. The fourth-order valence-corrected chi connectivity index (χ4v) is 2.39. The van der Waals surface area contributed by atoms with Crippen LogP contribution in [0.1, 0.15) is 33.5 Å². The Labute approximate surface area is 145 Å². The Hall–Kier alpha value is -3.05. The Kier molecular flexibility index (Phi) is 5.16. The van der Waals surface area contributed by atoms with E-state index in [9.17, 15) is 9.90 Å². The number of esters is 1. The third-order valence-electron chi connectivity index (χ3n) is 3.74. The molecule has 2 aromatic carbocycles. The largest absolute Gasteiger partial charge is 0.486 e. The summed E-state index contributed by atoms with van der Waals surface area (Å²) >= 11 is 0. The van der Waals surface area contributed by atoms with Crippen LogP contribution < -0.4 is 4.74 Å². The number of benzene rings is 2. The number of aliphatic hydroxyl groups excluding tert-OH is 1. The average Bonchev–Trinajstić information content (AvgIpc) is 3.15. The van der Waals surface area contributed by atoms with Crippen molar-refractivity contribution in [3.05, 3.63) is 89.4 Å². The molecule has 25 heavy (non-hydrogen) atoms. The molecule has 0 aliphatic heterocycles. The van der Waals surface area contributed by atoms with Gasteiger partial charge in [-0.1, -0.05) is 42.5 Å². The molecule has 1 N–H and O–H groups in total. The Morgan fingerprint density at radius 2 is 1.68 bits per heavy atom. The van der Waals surface area contributed by atoms with E-state index in [4.69, 9.17) is 9.15 Å². The molecule has 0 saturated heterocycles. The van der Waals surface area contributed by atoms with Crippen molar-refractivity contribution in [2.24, 2.45) is 0 Å². The molecule has 5 nitrogen and oxygen atoms in total. The van der Waals surface area contributed by atoms with E-state index in [1.165, 1.54) is 7.11 Å².